The minimum absolute atomic E-state index is 0.150. The van der Waals surface area contributed by atoms with E-state index in [0.717, 1.165) is 34.6 Å². The standard InChI is InChI=1S/C21H28F6O8/c1-10(2)15(28)34-13(8-33-17(30)20(24,25)11(3)4)14(9-32-16(29)19(7,22)23)35-18(31)21(26,27)12(5)6/h11-14H,1,8-9H2,2-7H3. The molecule has 2 atom stereocenters. The second-order valence-electron chi connectivity index (χ2n) is 8.31. The van der Waals surface area contributed by atoms with Crippen molar-refractivity contribution in [3.05, 3.63) is 12.2 Å². The summed E-state index contributed by atoms with van der Waals surface area (Å²) in [6.07, 6.45) is -4.39. The number of halogens is 6. The normalized spacial score (nSPS) is 14.2. The predicted octanol–water partition coefficient (Wildman–Crippen LogP) is 3.71. The quantitative estimate of drug-likeness (QED) is 0.156. The van der Waals surface area contributed by atoms with E-state index in [1.165, 1.54) is 0 Å². The van der Waals surface area contributed by atoms with Crippen molar-refractivity contribution in [2.45, 2.75) is 71.5 Å². The molecule has 0 aliphatic heterocycles. The molecule has 0 bridgehead atoms. The van der Waals surface area contributed by atoms with Crippen LogP contribution in [0.25, 0.3) is 0 Å². The average molecular weight is 522 g/mol. The number of hydrogen-bond donors (Lipinski definition) is 0. The third kappa shape index (κ3) is 9.40. The molecular weight excluding hydrogens is 494 g/mol. The van der Waals surface area contributed by atoms with Gasteiger partial charge in [0, 0.05) is 24.3 Å². The fourth-order valence-corrected chi connectivity index (χ4v) is 1.90. The van der Waals surface area contributed by atoms with Crippen molar-refractivity contribution >= 4 is 23.9 Å². The molecule has 0 aromatic rings. The molecule has 35 heavy (non-hydrogen) atoms. The van der Waals surface area contributed by atoms with Gasteiger partial charge in [0.15, 0.2) is 12.2 Å². The van der Waals surface area contributed by atoms with Crippen LogP contribution in [0.2, 0.25) is 0 Å². The van der Waals surface area contributed by atoms with Crippen molar-refractivity contribution in [3.63, 3.8) is 0 Å². The minimum atomic E-state index is -4.14. The first-order valence-corrected chi connectivity index (χ1v) is 10.2. The van der Waals surface area contributed by atoms with Gasteiger partial charge in [-0.05, 0) is 6.92 Å². The smallest absolute Gasteiger partial charge is 0.377 e. The van der Waals surface area contributed by atoms with Crippen LogP contribution in [-0.2, 0) is 38.1 Å². The van der Waals surface area contributed by atoms with Crippen molar-refractivity contribution in [1.29, 1.82) is 0 Å². The largest absolute Gasteiger partial charge is 0.457 e. The van der Waals surface area contributed by atoms with Crippen molar-refractivity contribution in [1.82, 2.24) is 0 Å². The summed E-state index contributed by atoms with van der Waals surface area (Å²) in [5.41, 5.74) is -0.302. The van der Waals surface area contributed by atoms with Crippen LogP contribution in [0.4, 0.5) is 26.3 Å². The summed E-state index contributed by atoms with van der Waals surface area (Å²) < 4.78 is 100. The Morgan fingerprint density at radius 3 is 1.46 bits per heavy atom. The molecule has 0 saturated carbocycles. The van der Waals surface area contributed by atoms with Crippen LogP contribution in [0.15, 0.2) is 12.2 Å². The molecule has 0 rings (SSSR count). The first-order chi connectivity index (χ1) is 15.6. The maximum absolute atomic E-state index is 14.1. The molecule has 0 radical (unpaired) electrons. The Morgan fingerprint density at radius 1 is 0.714 bits per heavy atom. The van der Waals surface area contributed by atoms with Gasteiger partial charge in [-0.2, -0.15) is 26.3 Å². The van der Waals surface area contributed by atoms with Crippen LogP contribution in [0.5, 0.6) is 0 Å². The molecule has 0 fully saturated rings. The molecule has 0 aliphatic rings. The molecular formula is C21H28F6O8. The second kappa shape index (κ2) is 12.2. The van der Waals surface area contributed by atoms with E-state index in [0.29, 0.717) is 0 Å². The van der Waals surface area contributed by atoms with E-state index >= 15 is 0 Å². The first kappa shape index (κ1) is 32.2. The minimum Gasteiger partial charge on any atom is -0.457 e. The third-order valence-corrected chi connectivity index (χ3v) is 4.39. The van der Waals surface area contributed by atoms with Gasteiger partial charge in [-0.25, -0.2) is 19.2 Å². The summed E-state index contributed by atoms with van der Waals surface area (Å²) in [6.45, 7) is 5.71. The highest BCUT2D eigenvalue weighted by atomic mass is 19.3. The lowest BCUT2D eigenvalue weighted by Gasteiger charge is -2.29. The van der Waals surface area contributed by atoms with E-state index < -0.39 is 78.9 Å². The summed E-state index contributed by atoms with van der Waals surface area (Å²) in [5.74, 6) is -23.1. The van der Waals surface area contributed by atoms with Crippen molar-refractivity contribution in [2.75, 3.05) is 13.2 Å². The van der Waals surface area contributed by atoms with Crippen LogP contribution in [0.1, 0.15) is 41.5 Å². The fourth-order valence-electron chi connectivity index (χ4n) is 1.90. The molecule has 0 heterocycles. The molecule has 0 saturated heterocycles. The molecule has 2 unspecified atom stereocenters. The van der Waals surface area contributed by atoms with Crippen molar-refractivity contribution < 1.29 is 64.5 Å². The Hall–Kier alpha value is -2.80. The zero-order chi connectivity index (χ0) is 27.9. The highest BCUT2D eigenvalue weighted by Crippen LogP contribution is 2.28. The topological polar surface area (TPSA) is 105 Å². The van der Waals surface area contributed by atoms with E-state index in [2.05, 4.69) is 20.8 Å². The van der Waals surface area contributed by atoms with Crippen LogP contribution in [0, 0.1) is 11.8 Å². The fraction of sp³-hybridized carbons (Fsp3) is 0.714. The first-order valence-electron chi connectivity index (χ1n) is 10.2. The molecule has 0 spiro atoms. The number of carbonyl (C=O) groups excluding carboxylic acids is 4. The number of hydrogen-bond acceptors (Lipinski definition) is 8. The maximum Gasteiger partial charge on any atom is 0.377 e. The molecule has 0 aliphatic carbocycles. The van der Waals surface area contributed by atoms with E-state index in [-0.39, 0.29) is 12.5 Å². The summed E-state index contributed by atoms with van der Waals surface area (Å²) in [6, 6.07) is 0. The van der Waals surface area contributed by atoms with Gasteiger partial charge in [0.1, 0.15) is 13.2 Å². The van der Waals surface area contributed by atoms with Gasteiger partial charge in [-0.1, -0.05) is 34.3 Å². The zero-order valence-corrected chi connectivity index (χ0v) is 20.0. The van der Waals surface area contributed by atoms with Crippen LogP contribution < -0.4 is 0 Å². The van der Waals surface area contributed by atoms with Gasteiger partial charge < -0.3 is 18.9 Å². The number of esters is 4. The van der Waals surface area contributed by atoms with Gasteiger partial charge in [0.05, 0.1) is 0 Å². The lowest BCUT2D eigenvalue weighted by Crippen LogP contribution is -2.48. The van der Waals surface area contributed by atoms with Gasteiger partial charge in [0.25, 0.3) is 0 Å². The number of alkyl halides is 6. The van der Waals surface area contributed by atoms with E-state index in [1.54, 1.807) is 0 Å². The molecule has 0 aromatic heterocycles. The SMILES string of the molecule is C=C(C)C(=O)OC(COC(=O)C(F)(F)C(C)C)C(COC(=O)C(C)(F)F)OC(=O)C(F)(F)C(C)C. The molecule has 8 nitrogen and oxygen atoms in total. The zero-order valence-electron chi connectivity index (χ0n) is 20.0. The van der Waals surface area contributed by atoms with Gasteiger partial charge in [-0.15, -0.1) is 0 Å². The monoisotopic (exact) mass is 522 g/mol. The predicted molar refractivity (Wildman–Crippen MR) is 107 cm³/mol. The summed E-state index contributed by atoms with van der Waals surface area (Å²) in [4.78, 5) is 47.2. The molecule has 14 heteroatoms. The Bertz CT molecular complexity index is 804. The summed E-state index contributed by atoms with van der Waals surface area (Å²) in [5, 5.41) is 0. The van der Waals surface area contributed by atoms with E-state index in [4.69, 9.17) is 4.74 Å². The lowest BCUT2D eigenvalue weighted by atomic mass is 10.1. The highest BCUT2D eigenvalue weighted by Gasteiger charge is 2.48. The Kier molecular flexibility index (Phi) is 11.3. The van der Waals surface area contributed by atoms with Crippen LogP contribution >= 0.6 is 0 Å². The second-order valence-corrected chi connectivity index (χ2v) is 8.31. The van der Waals surface area contributed by atoms with Gasteiger partial charge in [0.2, 0.25) is 0 Å². The lowest BCUT2D eigenvalue weighted by molar-refractivity contribution is -0.206. The van der Waals surface area contributed by atoms with Gasteiger partial charge in [-0.3, -0.25) is 0 Å². The number of ether oxygens (including phenoxy) is 4. The van der Waals surface area contributed by atoms with Crippen molar-refractivity contribution in [3.8, 4) is 0 Å². The van der Waals surface area contributed by atoms with E-state index in [9.17, 15) is 45.5 Å². The van der Waals surface area contributed by atoms with Crippen LogP contribution in [0.3, 0.4) is 0 Å². The molecule has 202 valence electrons. The Labute approximate surface area is 197 Å². The van der Waals surface area contributed by atoms with Crippen LogP contribution in [-0.4, -0.2) is 67.1 Å². The number of rotatable bonds is 13. The van der Waals surface area contributed by atoms with Gasteiger partial charge >= 0.3 is 41.6 Å². The Morgan fingerprint density at radius 2 is 1.09 bits per heavy atom. The Balaban J connectivity index is 6.09. The summed E-state index contributed by atoms with van der Waals surface area (Å²) >= 11 is 0. The number of carbonyl (C=O) groups is 4. The average Bonchev–Trinajstić information content (AvgIpc) is 2.71. The summed E-state index contributed by atoms with van der Waals surface area (Å²) in [7, 11) is 0. The highest BCUT2D eigenvalue weighted by molar-refractivity contribution is 5.87. The molecule has 0 amide bonds. The molecule has 0 aromatic carbocycles. The third-order valence-electron chi connectivity index (χ3n) is 4.39. The molecule has 0 N–H and O–H groups in total. The van der Waals surface area contributed by atoms with Crippen molar-refractivity contribution in [2.24, 2.45) is 11.8 Å². The maximum atomic E-state index is 14.1. The van der Waals surface area contributed by atoms with E-state index in [1.807, 2.05) is 0 Å².